The molecule has 0 fully saturated rings. The number of guanidine groups is 1. The molecule has 0 atom stereocenters. The van der Waals surface area contributed by atoms with Crippen molar-refractivity contribution in [3.05, 3.63) is 17.3 Å². The number of hydrogen-bond donors (Lipinski definition) is 2. The molecule has 1 aromatic rings. The summed E-state index contributed by atoms with van der Waals surface area (Å²) in [6, 6.07) is 0. The quantitative estimate of drug-likeness (QED) is 0.452. The molecule has 132 valence electrons. The van der Waals surface area contributed by atoms with Crippen LogP contribution in [-0.4, -0.2) is 55.7 Å². The van der Waals surface area contributed by atoms with Gasteiger partial charge in [0.1, 0.15) is 5.76 Å². The van der Waals surface area contributed by atoms with Gasteiger partial charge in [0.15, 0.2) is 5.96 Å². The van der Waals surface area contributed by atoms with E-state index in [1.807, 2.05) is 13.8 Å². The second kappa shape index (κ2) is 8.76. The Labute approximate surface area is 134 Å². The monoisotopic (exact) mass is 335 g/mol. The summed E-state index contributed by atoms with van der Waals surface area (Å²) < 4.78 is 42.0. The predicted octanol–water partition coefficient (Wildman–Crippen LogP) is 1.84. The Kier molecular flexibility index (Phi) is 7.34. The van der Waals surface area contributed by atoms with Crippen molar-refractivity contribution in [2.75, 3.05) is 33.7 Å². The lowest BCUT2D eigenvalue weighted by atomic mass is 10.4. The van der Waals surface area contributed by atoms with Crippen LogP contribution in [-0.2, 0) is 6.54 Å². The first kappa shape index (κ1) is 19.3. The van der Waals surface area contributed by atoms with Gasteiger partial charge in [-0.1, -0.05) is 0 Å². The Morgan fingerprint density at radius 2 is 2.00 bits per heavy atom. The third-order valence-corrected chi connectivity index (χ3v) is 3.16. The Balaban J connectivity index is 2.24. The van der Waals surface area contributed by atoms with Gasteiger partial charge in [-0.25, -0.2) is 4.98 Å². The lowest BCUT2D eigenvalue weighted by Crippen LogP contribution is -2.39. The Morgan fingerprint density at radius 3 is 2.52 bits per heavy atom. The lowest BCUT2D eigenvalue weighted by molar-refractivity contribution is -0.143. The van der Waals surface area contributed by atoms with Crippen molar-refractivity contribution in [2.24, 2.45) is 4.99 Å². The fraction of sp³-hybridized carbons (Fsp3) is 0.714. The zero-order valence-electron chi connectivity index (χ0n) is 13.9. The van der Waals surface area contributed by atoms with Gasteiger partial charge in [-0.15, -0.1) is 0 Å². The van der Waals surface area contributed by atoms with Gasteiger partial charge in [-0.3, -0.25) is 9.89 Å². The molecule has 0 aromatic carbocycles. The molecule has 0 spiro atoms. The maximum Gasteiger partial charge on any atom is 0.401 e. The molecule has 1 heterocycles. The molecule has 0 saturated heterocycles. The molecule has 1 aromatic heterocycles. The van der Waals surface area contributed by atoms with Crippen molar-refractivity contribution in [1.29, 1.82) is 0 Å². The fourth-order valence-corrected chi connectivity index (χ4v) is 1.94. The van der Waals surface area contributed by atoms with E-state index < -0.39 is 12.7 Å². The van der Waals surface area contributed by atoms with Gasteiger partial charge in [0.25, 0.3) is 0 Å². The molecule has 0 aliphatic heterocycles. The van der Waals surface area contributed by atoms with E-state index in [4.69, 9.17) is 4.42 Å². The highest BCUT2D eigenvalue weighted by molar-refractivity contribution is 5.79. The van der Waals surface area contributed by atoms with Crippen LogP contribution >= 0.6 is 0 Å². The minimum absolute atomic E-state index is 0.349. The number of aryl methyl sites for hydroxylation is 2. The number of aromatic nitrogens is 1. The smallest absolute Gasteiger partial charge is 0.401 e. The number of halogens is 3. The van der Waals surface area contributed by atoms with Gasteiger partial charge in [-0.2, -0.15) is 13.2 Å². The first-order valence-electron chi connectivity index (χ1n) is 7.34. The largest absolute Gasteiger partial charge is 0.444 e. The number of nitrogens with zero attached hydrogens (tertiary/aromatic N) is 3. The minimum atomic E-state index is -4.16. The molecule has 0 bridgehead atoms. The molecule has 0 aliphatic rings. The van der Waals surface area contributed by atoms with Crippen molar-refractivity contribution < 1.29 is 17.6 Å². The van der Waals surface area contributed by atoms with Gasteiger partial charge < -0.3 is 15.1 Å². The van der Waals surface area contributed by atoms with Gasteiger partial charge in [-0.05, 0) is 33.9 Å². The number of rotatable bonds is 7. The van der Waals surface area contributed by atoms with Crippen molar-refractivity contribution in [2.45, 2.75) is 33.0 Å². The molecule has 0 unspecified atom stereocenters. The predicted molar refractivity (Wildman–Crippen MR) is 82.3 cm³/mol. The third-order valence-electron chi connectivity index (χ3n) is 3.16. The van der Waals surface area contributed by atoms with Gasteiger partial charge >= 0.3 is 6.18 Å². The normalized spacial score (nSPS) is 12.8. The average Bonchev–Trinajstić information content (AvgIpc) is 2.75. The first-order valence-corrected chi connectivity index (χ1v) is 7.34. The van der Waals surface area contributed by atoms with Crippen LogP contribution in [0, 0.1) is 13.8 Å². The van der Waals surface area contributed by atoms with Crippen LogP contribution in [0.5, 0.6) is 0 Å². The molecule has 0 saturated carbocycles. The van der Waals surface area contributed by atoms with E-state index in [0.29, 0.717) is 37.9 Å². The Hall–Kier alpha value is -1.77. The maximum atomic E-state index is 12.2. The summed E-state index contributed by atoms with van der Waals surface area (Å²) in [5.74, 6) is 1.89. The van der Waals surface area contributed by atoms with Crippen molar-refractivity contribution in [3.63, 3.8) is 0 Å². The summed E-state index contributed by atoms with van der Waals surface area (Å²) in [6.45, 7) is 4.07. The molecule has 1 rings (SSSR count). The highest BCUT2D eigenvalue weighted by atomic mass is 19.4. The number of hydrogen-bond acceptors (Lipinski definition) is 4. The van der Waals surface area contributed by atoms with E-state index >= 15 is 0 Å². The maximum absolute atomic E-state index is 12.2. The molecule has 0 amide bonds. The van der Waals surface area contributed by atoms with Crippen LogP contribution in [0.3, 0.4) is 0 Å². The van der Waals surface area contributed by atoms with Crippen molar-refractivity contribution in [3.8, 4) is 0 Å². The minimum Gasteiger partial charge on any atom is -0.444 e. The third kappa shape index (κ3) is 7.87. The molecular weight excluding hydrogens is 311 g/mol. The highest BCUT2D eigenvalue weighted by Gasteiger charge is 2.28. The van der Waals surface area contributed by atoms with Crippen LogP contribution in [0.1, 0.15) is 23.8 Å². The van der Waals surface area contributed by atoms with E-state index in [1.54, 1.807) is 7.05 Å². The first-order chi connectivity index (χ1) is 10.7. The van der Waals surface area contributed by atoms with E-state index in [9.17, 15) is 13.2 Å². The Bertz CT molecular complexity index is 494. The van der Waals surface area contributed by atoms with Crippen LogP contribution in [0.4, 0.5) is 13.2 Å². The molecule has 0 radical (unpaired) electrons. The topological polar surface area (TPSA) is 65.7 Å². The molecule has 6 nitrogen and oxygen atoms in total. The molecule has 9 heteroatoms. The van der Waals surface area contributed by atoms with E-state index in [1.165, 1.54) is 11.9 Å². The summed E-state index contributed by atoms with van der Waals surface area (Å²) >= 11 is 0. The van der Waals surface area contributed by atoms with Crippen molar-refractivity contribution in [1.82, 2.24) is 20.5 Å². The lowest BCUT2D eigenvalue weighted by Gasteiger charge is -2.18. The van der Waals surface area contributed by atoms with E-state index in [2.05, 4.69) is 20.6 Å². The van der Waals surface area contributed by atoms with E-state index in [-0.39, 0.29) is 0 Å². The van der Waals surface area contributed by atoms with E-state index in [0.717, 1.165) is 11.5 Å². The van der Waals surface area contributed by atoms with Crippen LogP contribution < -0.4 is 10.6 Å². The standard InChI is InChI=1S/C14H24F3N5O/c1-10-11(2)23-12(21-10)8-20-13(18-3)19-6-5-7-22(4)9-14(15,16)17/h5-9H2,1-4H3,(H2,18,19,20). The average molecular weight is 335 g/mol. The van der Waals surface area contributed by atoms with Crippen molar-refractivity contribution >= 4 is 5.96 Å². The summed E-state index contributed by atoms with van der Waals surface area (Å²) in [5.41, 5.74) is 0.845. The number of oxazole rings is 1. The summed E-state index contributed by atoms with van der Waals surface area (Å²) in [7, 11) is 3.07. The summed E-state index contributed by atoms with van der Waals surface area (Å²) in [5, 5.41) is 6.08. The number of nitrogens with one attached hydrogen (secondary N) is 2. The molecule has 23 heavy (non-hydrogen) atoms. The zero-order valence-corrected chi connectivity index (χ0v) is 13.9. The SMILES string of the molecule is CN=C(NCCCN(C)CC(F)(F)F)NCc1nc(C)c(C)o1. The van der Waals surface area contributed by atoms with Gasteiger partial charge in [0.05, 0.1) is 18.8 Å². The van der Waals surface area contributed by atoms with Crippen LogP contribution in [0.2, 0.25) is 0 Å². The number of aliphatic imine (C=N–C) groups is 1. The highest BCUT2D eigenvalue weighted by Crippen LogP contribution is 2.15. The molecular formula is C14H24F3N5O. The molecule has 0 aliphatic carbocycles. The second-order valence-electron chi connectivity index (χ2n) is 5.31. The zero-order chi connectivity index (χ0) is 17.5. The second-order valence-corrected chi connectivity index (χ2v) is 5.31. The van der Waals surface area contributed by atoms with Crippen LogP contribution in [0.25, 0.3) is 0 Å². The summed E-state index contributed by atoms with van der Waals surface area (Å²) in [4.78, 5) is 9.53. The number of alkyl halides is 3. The van der Waals surface area contributed by atoms with Gasteiger partial charge in [0.2, 0.25) is 5.89 Å². The Morgan fingerprint density at radius 1 is 1.30 bits per heavy atom. The summed E-state index contributed by atoms with van der Waals surface area (Å²) in [6.07, 6.45) is -3.59. The fourth-order valence-electron chi connectivity index (χ4n) is 1.94. The van der Waals surface area contributed by atoms with Crippen LogP contribution in [0.15, 0.2) is 9.41 Å². The van der Waals surface area contributed by atoms with Gasteiger partial charge in [0, 0.05) is 13.6 Å². The molecule has 2 N–H and O–H groups in total.